The Morgan fingerprint density at radius 1 is 1.15 bits per heavy atom. The van der Waals surface area contributed by atoms with Crippen LogP contribution in [0.25, 0.3) is 33.1 Å². The second-order valence-electron chi connectivity index (χ2n) is 9.70. The molecule has 3 aromatic heterocycles. The molecule has 0 saturated carbocycles. The van der Waals surface area contributed by atoms with Crippen LogP contribution in [0.15, 0.2) is 61.2 Å². The van der Waals surface area contributed by atoms with Gasteiger partial charge in [0, 0.05) is 42.0 Å². The predicted octanol–water partition coefficient (Wildman–Crippen LogP) is 4.21. The zero-order valence-corrected chi connectivity index (χ0v) is 21.8. The van der Waals surface area contributed by atoms with E-state index in [0.29, 0.717) is 11.0 Å². The van der Waals surface area contributed by atoms with Gasteiger partial charge in [0.05, 0.1) is 22.5 Å². The molecule has 4 heterocycles. The van der Waals surface area contributed by atoms with Crippen LogP contribution in [-0.2, 0) is 22.7 Å². The minimum Gasteiger partial charge on any atom is -0.383 e. The van der Waals surface area contributed by atoms with E-state index in [4.69, 9.17) is 17.3 Å². The number of hydrogen-bond acceptors (Lipinski definition) is 5. The Labute approximate surface area is 231 Å². The summed E-state index contributed by atoms with van der Waals surface area (Å²) >= 11 is 5.82. The normalized spacial score (nSPS) is 17.1. The predicted molar refractivity (Wildman–Crippen MR) is 148 cm³/mol. The second kappa shape index (κ2) is 10.2. The van der Waals surface area contributed by atoms with Crippen molar-refractivity contribution < 1.29 is 18.4 Å². The van der Waals surface area contributed by atoms with E-state index < -0.39 is 29.8 Å². The van der Waals surface area contributed by atoms with E-state index in [2.05, 4.69) is 20.3 Å². The first-order valence-electron chi connectivity index (χ1n) is 12.6. The summed E-state index contributed by atoms with van der Waals surface area (Å²) in [5, 5.41) is 4.13. The number of nitrogens with two attached hydrogens (primary N) is 1. The topological polar surface area (TPSA) is 122 Å². The fourth-order valence-electron chi connectivity index (χ4n) is 5.31. The number of carbonyl (C=O) groups is 2. The number of aromatic amines is 1. The van der Waals surface area contributed by atoms with E-state index in [-0.39, 0.29) is 42.5 Å². The minimum absolute atomic E-state index is 0.0662. The SMILES string of the molecule is Nc1ncnc2c1c(-c1cccc3cc[nH]c13)cn2CC(=O)N1CC(F)CC1C(=O)NCc1cccc(Cl)c1F. The molecule has 1 aliphatic rings. The lowest BCUT2D eigenvalue weighted by atomic mass is 10.0. The Hall–Kier alpha value is -4.51. The summed E-state index contributed by atoms with van der Waals surface area (Å²) in [6.45, 7) is -0.576. The summed E-state index contributed by atoms with van der Waals surface area (Å²) in [5.74, 6) is -1.42. The van der Waals surface area contributed by atoms with Crippen molar-refractivity contribution in [3.63, 3.8) is 0 Å². The minimum atomic E-state index is -1.37. The Balaban J connectivity index is 1.27. The Kier molecular flexibility index (Phi) is 6.59. The van der Waals surface area contributed by atoms with Gasteiger partial charge < -0.3 is 25.5 Å². The molecule has 2 atom stereocenters. The number of nitrogens with zero attached hydrogens (tertiary/aromatic N) is 4. The van der Waals surface area contributed by atoms with E-state index >= 15 is 0 Å². The summed E-state index contributed by atoms with van der Waals surface area (Å²) < 4.78 is 30.4. The maximum absolute atomic E-state index is 14.5. The van der Waals surface area contributed by atoms with Gasteiger partial charge in [0.15, 0.2) is 0 Å². The molecule has 2 aromatic carbocycles. The quantitative estimate of drug-likeness (QED) is 0.286. The second-order valence-corrected chi connectivity index (χ2v) is 10.1. The Morgan fingerprint density at radius 2 is 1.98 bits per heavy atom. The molecule has 9 nitrogen and oxygen atoms in total. The molecule has 1 aliphatic heterocycles. The Morgan fingerprint density at radius 3 is 2.83 bits per heavy atom. The molecule has 4 N–H and O–H groups in total. The van der Waals surface area contributed by atoms with Gasteiger partial charge in [-0.2, -0.15) is 0 Å². The molecule has 40 heavy (non-hydrogen) atoms. The smallest absolute Gasteiger partial charge is 0.243 e. The van der Waals surface area contributed by atoms with Crippen LogP contribution < -0.4 is 11.1 Å². The van der Waals surface area contributed by atoms with E-state index in [9.17, 15) is 18.4 Å². The van der Waals surface area contributed by atoms with Gasteiger partial charge in [0.1, 0.15) is 42.4 Å². The van der Waals surface area contributed by atoms with Gasteiger partial charge in [0.25, 0.3) is 0 Å². The number of halogens is 3. The van der Waals surface area contributed by atoms with Crippen molar-refractivity contribution in [2.75, 3.05) is 12.3 Å². The van der Waals surface area contributed by atoms with Gasteiger partial charge in [-0.1, -0.05) is 41.9 Å². The third-order valence-electron chi connectivity index (χ3n) is 7.22. The highest BCUT2D eigenvalue weighted by atomic mass is 35.5. The molecular weight excluding hydrogens is 540 g/mol. The van der Waals surface area contributed by atoms with Crippen molar-refractivity contribution in [1.82, 2.24) is 29.7 Å². The number of carbonyl (C=O) groups excluding carboxylic acids is 2. The molecule has 0 spiro atoms. The molecule has 2 amide bonds. The number of H-pyrrole nitrogens is 1. The summed E-state index contributed by atoms with van der Waals surface area (Å²) in [4.78, 5) is 39.5. The summed E-state index contributed by atoms with van der Waals surface area (Å²) in [6.07, 6.45) is 3.39. The third-order valence-corrected chi connectivity index (χ3v) is 7.52. The van der Waals surface area contributed by atoms with E-state index in [1.54, 1.807) is 16.8 Å². The fraction of sp³-hybridized carbons (Fsp3) is 0.214. The molecule has 204 valence electrons. The number of nitrogen functional groups attached to an aromatic ring is 1. The van der Waals surface area contributed by atoms with Crippen LogP contribution in [0.2, 0.25) is 5.02 Å². The number of aromatic nitrogens is 4. The zero-order valence-electron chi connectivity index (χ0n) is 21.1. The zero-order chi connectivity index (χ0) is 28.0. The first kappa shape index (κ1) is 25.8. The largest absolute Gasteiger partial charge is 0.383 e. The van der Waals surface area contributed by atoms with E-state index in [0.717, 1.165) is 22.0 Å². The average molecular weight is 564 g/mol. The van der Waals surface area contributed by atoms with Crippen molar-refractivity contribution in [3.05, 3.63) is 77.6 Å². The molecule has 12 heteroatoms. The molecule has 0 bridgehead atoms. The average Bonchev–Trinajstić information content (AvgIpc) is 3.67. The third kappa shape index (κ3) is 4.51. The van der Waals surface area contributed by atoms with Crippen molar-refractivity contribution in [2.45, 2.75) is 31.7 Å². The highest BCUT2D eigenvalue weighted by Gasteiger charge is 2.40. The summed E-state index contributed by atoms with van der Waals surface area (Å²) in [7, 11) is 0. The van der Waals surface area contributed by atoms with Gasteiger partial charge in [-0.3, -0.25) is 9.59 Å². The van der Waals surface area contributed by atoms with Crippen LogP contribution in [0, 0.1) is 5.82 Å². The van der Waals surface area contributed by atoms with Crippen LogP contribution in [0.4, 0.5) is 14.6 Å². The molecule has 1 saturated heterocycles. The number of anilines is 1. The van der Waals surface area contributed by atoms with Crippen LogP contribution in [0.5, 0.6) is 0 Å². The monoisotopic (exact) mass is 563 g/mol. The number of hydrogen-bond donors (Lipinski definition) is 3. The van der Waals surface area contributed by atoms with Crippen LogP contribution in [0.3, 0.4) is 0 Å². The maximum atomic E-state index is 14.5. The number of amides is 2. The number of fused-ring (bicyclic) bond motifs is 2. The van der Waals surface area contributed by atoms with Gasteiger partial charge in [-0.15, -0.1) is 0 Å². The molecule has 6 rings (SSSR count). The highest BCUT2D eigenvalue weighted by molar-refractivity contribution is 6.30. The summed E-state index contributed by atoms with van der Waals surface area (Å²) in [6, 6.07) is 11.2. The number of likely N-dealkylation sites (tertiary alicyclic amines) is 1. The van der Waals surface area contributed by atoms with Gasteiger partial charge in [-0.25, -0.2) is 18.7 Å². The highest BCUT2D eigenvalue weighted by Crippen LogP contribution is 2.36. The van der Waals surface area contributed by atoms with Gasteiger partial charge >= 0.3 is 0 Å². The fourth-order valence-corrected chi connectivity index (χ4v) is 5.51. The molecule has 0 aliphatic carbocycles. The van der Waals surface area contributed by atoms with Gasteiger partial charge in [0.2, 0.25) is 11.8 Å². The summed E-state index contributed by atoms with van der Waals surface area (Å²) in [5.41, 5.74) is 9.36. The number of para-hydroxylation sites is 1. The molecule has 1 fully saturated rings. The van der Waals surface area contributed by atoms with Crippen molar-refractivity contribution in [1.29, 1.82) is 0 Å². The number of rotatable bonds is 6. The van der Waals surface area contributed by atoms with Crippen molar-refractivity contribution in [3.8, 4) is 11.1 Å². The molecule has 2 unspecified atom stereocenters. The molecule has 5 aromatic rings. The van der Waals surface area contributed by atoms with Crippen LogP contribution in [-0.4, -0.2) is 55.0 Å². The lowest BCUT2D eigenvalue weighted by Crippen LogP contribution is -2.46. The first-order chi connectivity index (χ1) is 19.3. The van der Waals surface area contributed by atoms with Gasteiger partial charge in [-0.05, 0) is 17.5 Å². The lowest BCUT2D eigenvalue weighted by Gasteiger charge is -2.24. The number of alkyl halides is 1. The number of nitrogens with one attached hydrogen (secondary N) is 2. The standard InChI is InChI=1S/C28H24ClF2N7O2/c29-20-6-2-4-16(24(20)31)10-34-28(40)21-9-17(30)11-38(21)22(39)13-37-12-19(23-26(32)35-14-36-27(23)37)18-5-1-3-15-7-8-33-25(15)18/h1-8,12,14,17,21,33H,9-11,13H2,(H,34,40)(H2,32,35,36). The van der Waals surface area contributed by atoms with E-state index in [1.807, 2.05) is 30.5 Å². The van der Waals surface area contributed by atoms with Crippen molar-refractivity contribution in [2.24, 2.45) is 0 Å². The van der Waals surface area contributed by atoms with E-state index in [1.165, 1.54) is 23.4 Å². The Bertz CT molecular complexity index is 1770. The maximum Gasteiger partial charge on any atom is 0.243 e. The molecule has 0 radical (unpaired) electrons. The van der Waals surface area contributed by atoms with Crippen LogP contribution >= 0.6 is 11.6 Å². The number of benzene rings is 2. The lowest BCUT2D eigenvalue weighted by molar-refractivity contribution is -0.139. The van der Waals surface area contributed by atoms with Crippen molar-refractivity contribution >= 4 is 51.2 Å². The first-order valence-corrected chi connectivity index (χ1v) is 13.0. The van der Waals surface area contributed by atoms with Crippen LogP contribution in [0.1, 0.15) is 12.0 Å². The molecular formula is C28H24ClF2N7O2.